The van der Waals surface area contributed by atoms with E-state index in [0.29, 0.717) is 6.54 Å². The minimum Gasteiger partial charge on any atom is -0.318 e. The highest BCUT2D eigenvalue weighted by atomic mass is 16.2. The number of anilines is 1. The minimum atomic E-state index is -0.0728. The molecule has 0 fully saturated rings. The number of aryl methyl sites for hydroxylation is 1. The molecule has 3 nitrogen and oxygen atoms in total. The molecule has 24 heavy (non-hydrogen) atoms. The molecule has 0 radical (unpaired) electrons. The zero-order chi connectivity index (χ0) is 17.5. The third-order valence-corrected chi connectivity index (χ3v) is 3.79. The molecule has 126 valence electrons. The Morgan fingerprint density at radius 1 is 1.12 bits per heavy atom. The van der Waals surface area contributed by atoms with E-state index < -0.39 is 0 Å². The Balaban J connectivity index is 2.08. The van der Waals surface area contributed by atoms with Gasteiger partial charge in [0, 0.05) is 18.3 Å². The predicted octanol–water partition coefficient (Wildman–Crippen LogP) is 5.34. The fourth-order valence-corrected chi connectivity index (χ4v) is 2.56. The average molecular weight is 322 g/mol. The predicted molar refractivity (Wildman–Crippen MR) is 102 cm³/mol. The molecule has 0 atom stereocenters. The second-order valence-corrected chi connectivity index (χ2v) is 6.42. The molecule has 2 amide bonds. The summed E-state index contributed by atoms with van der Waals surface area (Å²) in [7, 11) is 0. The standard InChI is InChI=1S/C21H26N2O/c1-16(2)23(15-18(4)13-19-10-6-5-7-11-19)21(24)22-20-12-8-9-17(3)14-20/h5-14,16H,15H2,1-4H3,(H,22,24)/b18-13+. The molecule has 0 aromatic heterocycles. The molecule has 0 spiro atoms. The van der Waals surface area contributed by atoms with Crippen LogP contribution >= 0.6 is 0 Å². The highest BCUT2D eigenvalue weighted by molar-refractivity contribution is 5.89. The van der Waals surface area contributed by atoms with E-state index >= 15 is 0 Å². The van der Waals surface area contributed by atoms with Crippen LogP contribution in [0.1, 0.15) is 31.9 Å². The summed E-state index contributed by atoms with van der Waals surface area (Å²) in [6.07, 6.45) is 2.12. The number of hydrogen-bond donors (Lipinski definition) is 1. The molecule has 0 heterocycles. The second-order valence-electron chi connectivity index (χ2n) is 6.42. The first-order chi connectivity index (χ1) is 11.5. The molecule has 1 N–H and O–H groups in total. The molecule has 0 aliphatic rings. The summed E-state index contributed by atoms with van der Waals surface area (Å²) in [5, 5.41) is 2.99. The van der Waals surface area contributed by atoms with E-state index in [0.717, 1.165) is 22.4 Å². The van der Waals surface area contributed by atoms with Crippen LogP contribution in [0.5, 0.6) is 0 Å². The summed E-state index contributed by atoms with van der Waals surface area (Å²) in [4.78, 5) is 14.5. The third kappa shape index (κ3) is 5.27. The van der Waals surface area contributed by atoms with E-state index in [2.05, 4.69) is 30.4 Å². The molecule has 3 heteroatoms. The van der Waals surface area contributed by atoms with Gasteiger partial charge >= 0.3 is 6.03 Å². The molecular weight excluding hydrogens is 296 g/mol. The van der Waals surface area contributed by atoms with Gasteiger partial charge in [-0.2, -0.15) is 0 Å². The number of carbonyl (C=O) groups excluding carboxylic acids is 1. The van der Waals surface area contributed by atoms with Crippen molar-refractivity contribution in [3.05, 3.63) is 71.3 Å². The molecule has 2 aromatic carbocycles. The van der Waals surface area contributed by atoms with Gasteiger partial charge in [-0.15, -0.1) is 0 Å². The first-order valence-corrected chi connectivity index (χ1v) is 8.32. The van der Waals surface area contributed by atoms with Crippen LogP contribution in [0.15, 0.2) is 60.2 Å². The van der Waals surface area contributed by atoms with E-state index in [4.69, 9.17) is 0 Å². The molecule has 0 unspecified atom stereocenters. The van der Waals surface area contributed by atoms with Gasteiger partial charge in [0.2, 0.25) is 0 Å². The van der Waals surface area contributed by atoms with Crippen molar-refractivity contribution in [2.24, 2.45) is 0 Å². The highest BCUT2D eigenvalue weighted by Gasteiger charge is 2.17. The zero-order valence-corrected chi connectivity index (χ0v) is 14.9. The lowest BCUT2D eigenvalue weighted by molar-refractivity contribution is 0.203. The smallest absolute Gasteiger partial charge is 0.318 e. The fraction of sp³-hybridized carbons (Fsp3) is 0.286. The number of carbonyl (C=O) groups is 1. The van der Waals surface area contributed by atoms with E-state index in [1.165, 1.54) is 0 Å². The van der Waals surface area contributed by atoms with Crippen LogP contribution in [0.4, 0.5) is 10.5 Å². The Morgan fingerprint density at radius 2 is 1.83 bits per heavy atom. The number of rotatable bonds is 5. The van der Waals surface area contributed by atoms with Crippen molar-refractivity contribution in [2.45, 2.75) is 33.7 Å². The summed E-state index contributed by atoms with van der Waals surface area (Å²) >= 11 is 0. The van der Waals surface area contributed by atoms with Crippen molar-refractivity contribution in [3.8, 4) is 0 Å². The Morgan fingerprint density at radius 3 is 2.46 bits per heavy atom. The SMILES string of the molecule is C/C(=C\c1ccccc1)CN(C(=O)Nc1cccc(C)c1)C(C)C. The van der Waals surface area contributed by atoms with Crippen molar-refractivity contribution in [2.75, 3.05) is 11.9 Å². The van der Waals surface area contributed by atoms with Gasteiger partial charge in [-0.1, -0.05) is 54.1 Å². The van der Waals surface area contributed by atoms with Gasteiger partial charge in [0.1, 0.15) is 0 Å². The summed E-state index contributed by atoms with van der Waals surface area (Å²) < 4.78 is 0. The molecular formula is C21H26N2O. The van der Waals surface area contributed by atoms with Gasteiger partial charge in [0.05, 0.1) is 0 Å². The molecule has 2 rings (SSSR count). The van der Waals surface area contributed by atoms with Crippen molar-refractivity contribution >= 4 is 17.8 Å². The van der Waals surface area contributed by atoms with Gasteiger partial charge in [-0.25, -0.2) is 4.79 Å². The lowest BCUT2D eigenvalue weighted by Crippen LogP contribution is -2.41. The monoisotopic (exact) mass is 322 g/mol. The van der Waals surface area contributed by atoms with E-state index in [9.17, 15) is 4.79 Å². The van der Waals surface area contributed by atoms with Crippen molar-refractivity contribution in [1.29, 1.82) is 0 Å². The quantitative estimate of drug-likeness (QED) is 0.791. The molecule has 0 aliphatic carbocycles. The number of benzene rings is 2. The lowest BCUT2D eigenvalue weighted by Gasteiger charge is -2.27. The Hall–Kier alpha value is -2.55. The van der Waals surface area contributed by atoms with E-state index in [1.807, 2.05) is 68.1 Å². The van der Waals surface area contributed by atoms with Gasteiger partial charge in [-0.05, 0) is 51.0 Å². The maximum Gasteiger partial charge on any atom is 0.322 e. The third-order valence-electron chi connectivity index (χ3n) is 3.79. The number of hydrogen-bond acceptors (Lipinski definition) is 1. The minimum absolute atomic E-state index is 0.0728. The number of nitrogens with one attached hydrogen (secondary N) is 1. The molecule has 0 bridgehead atoms. The summed E-state index contributed by atoms with van der Waals surface area (Å²) in [6.45, 7) is 8.74. The zero-order valence-electron chi connectivity index (χ0n) is 14.9. The number of amides is 2. The Labute approximate surface area is 145 Å². The van der Waals surface area contributed by atoms with Crippen LogP contribution in [0, 0.1) is 6.92 Å². The van der Waals surface area contributed by atoms with Crippen LogP contribution in [0.2, 0.25) is 0 Å². The van der Waals surface area contributed by atoms with Crippen molar-refractivity contribution in [1.82, 2.24) is 4.90 Å². The van der Waals surface area contributed by atoms with E-state index in [-0.39, 0.29) is 12.1 Å². The summed E-state index contributed by atoms with van der Waals surface area (Å²) in [6, 6.07) is 18.1. The van der Waals surface area contributed by atoms with E-state index in [1.54, 1.807) is 0 Å². The van der Waals surface area contributed by atoms with Crippen LogP contribution < -0.4 is 5.32 Å². The maximum atomic E-state index is 12.6. The van der Waals surface area contributed by atoms with Gasteiger partial charge in [0.15, 0.2) is 0 Å². The van der Waals surface area contributed by atoms with Gasteiger partial charge in [-0.3, -0.25) is 0 Å². The van der Waals surface area contributed by atoms with Crippen LogP contribution in [-0.2, 0) is 0 Å². The molecule has 0 aliphatic heterocycles. The molecule has 0 saturated heterocycles. The topological polar surface area (TPSA) is 32.3 Å². The number of urea groups is 1. The second kappa shape index (κ2) is 8.34. The number of nitrogens with zero attached hydrogens (tertiary/aromatic N) is 1. The highest BCUT2D eigenvalue weighted by Crippen LogP contribution is 2.14. The van der Waals surface area contributed by atoms with Gasteiger partial charge in [0.25, 0.3) is 0 Å². The fourth-order valence-electron chi connectivity index (χ4n) is 2.56. The largest absolute Gasteiger partial charge is 0.322 e. The van der Waals surface area contributed by atoms with Crippen molar-refractivity contribution < 1.29 is 4.79 Å². The Bertz CT molecular complexity index is 705. The normalized spacial score (nSPS) is 11.5. The van der Waals surface area contributed by atoms with Crippen LogP contribution in [-0.4, -0.2) is 23.5 Å². The van der Waals surface area contributed by atoms with Crippen LogP contribution in [0.3, 0.4) is 0 Å². The van der Waals surface area contributed by atoms with Crippen molar-refractivity contribution in [3.63, 3.8) is 0 Å². The first-order valence-electron chi connectivity index (χ1n) is 8.32. The first kappa shape index (κ1) is 17.8. The maximum absolute atomic E-state index is 12.6. The summed E-state index contributed by atoms with van der Waals surface area (Å²) in [5.74, 6) is 0. The lowest BCUT2D eigenvalue weighted by atomic mass is 10.1. The summed E-state index contributed by atoms with van der Waals surface area (Å²) in [5.41, 5.74) is 4.26. The van der Waals surface area contributed by atoms with Crippen LogP contribution in [0.25, 0.3) is 6.08 Å². The molecule has 0 saturated carbocycles. The Kier molecular flexibility index (Phi) is 6.19. The average Bonchev–Trinajstić information content (AvgIpc) is 2.53. The van der Waals surface area contributed by atoms with Gasteiger partial charge < -0.3 is 10.2 Å². The molecule has 2 aromatic rings.